The highest BCUT2D eigenvalue weighted by molar-refractivity contribution is 6.34. The molecule has 1 aromatic carbocycles. The number of halogens is 1. The van der Waals surface area contributed by atoms with Crippen molar-refractivity contribution in [2.45, 2.75) is 32.0 Å². The minimum absolute atomic E-state index is 0.0438. The van der Waals surface area contributed by atoms with E-state index in [1.165, 1.54) is 6.07 Å². The van der Waals surface area contributed by atoms with Crippen LogP contribution in [0.4, 0.5) is 5.69 Å². The van der Waals surface area contributed by atoms with Crippen molar-refractivity contribution in [2.24, 2.45) is 10.9 Å². The van der Waals surface area contributed by atoms with Crippen LogP contribution >= 0.6 is 11.6 Å². The van der Waals surface area contributed by atoms with Crippen LogP contribution in [0.1, 0.15) is 25.3 Å². The molecule has 6 nitrogen and oxygen atoms in total. The quantitative estimate of drug-likeness (QED) is 0.344. The van der Waals surface area contributed by atoms with Gasteiger partial charge >= 0.3 is 0 Å². The predicted octanol–water partition coefficient (Wildman–Crippen LogP) is 1.94. The van der Waals surface area contributed by atoms with Gasteiger partial charge in [-0.3, -0.25) is 4.79 Å². The number of nitrogens with two attached hydrogens (primary N) is 1. The van der Waals surface area contributed by atoms with Crippen molar-refractivity contribution in [2.75, 3.05) is 5.32 Å². The second-order valence-corrected chi connectivity index (χ2v) is 5.09. The van der Waals surface area contributed by atoms with Gasteiger partial charge in [-0.15, -0.1) is 0 Å². The SMILES string of the molecule is CC1CCC(C(=O)Nc2ccc(/C(N)=N/O)cc2Cl)O1. The molecule has 2 unspecified atom stereocenters. The lowest BCUT2D eigenvalue weighted by molar-refractivity contribution is -0.126. The number of carbonyl (C=O) groups excluding carboxylic acids is 1. The fraction of sp³-hybridized carbons (Fsp3) is 0.385. The Morgan fingerprint density at radius 3 is 2.85 bits per heavy atom. The molecule has 2 atom stereocenters. The highest BCUT2D eigenvalue weighted by atomic mass is 35.5. The molecule has 1 heterocycles. The van der Waals surface area contributed by atoms with Crippen molar-refractivity contribution in [3.63, 3.8) is 0 Å². The number of ether oxygens (including phenoxy) is 1. The summed E-state index contributed by atoms with van der Waals surface area (Å²) in [6.07, 6.45) is 1.23. The second kappa shape index (κ2) is 6.11. The highest BCUT2D eigenvalue weighted by Gasteiger charge is 2.28. The van der Waals surface area contributed by atoms with Crippen molar-refractivity contribution in [3.8, 4) is 0 Å². The first kappa shape index (κ1) is 14.6. The summed E-state index contributed by atoms with van der Waals surface area (Å²) < 4.78 is 5.49. The Morgan fingerprint density at radius 2 is 2.30 bits per heavy atom. The van der Waals surface area contributed by atoms with Crippen molar-refractivity contribution in [1.82, 2.24) is 0 Å². The predicted molar refractivity (Wildman–Crippen MR) is 76.2 cm³/mol. The molecule has 7 heteroatoms. The first-order valence-corrected chi connectivity index (χ1v) is 6.63. The van der Waals surface area contributed by atoms with Crippen LogP contribution in [0.15, 0.2) is 23.4 Å². The van der Waals surface area contributed by atoms with Crippen molar-refractivity contribution >= 4 is 29.0 Å². The molecule has 0 spiro atoms. The summed E-state index contributed by atoms with van der Waals surface area (Å²) >= 11 is 6.06. The van der Waals surface area contributed by atoms with E-state index in [0.29, 0.717) is 22.7 Å². The van der Waals surface area contributed by atoms with Crippen molar-refractivity contribution < 1.29 is 14.7 Å². The Bertz CT molecular complexity index is 548. The van der Waals surface area contributed by atoms with Gasteiger partial charge in [0.15, 0.2) is 5.84 Å². The van der Waals surface area contributed by atoms with E-state index < -0.39 is 6.10 Å². The van der Waals surface area contributed by atoms with Gasteiger partial charge in [-0.05, 0) is 38.0 Å². The molecule has 4 N–H and O–H groups in total. The van der Waals surface area contributed by atoms with Gasteiger partial charge in [0.2, 0.25) is 0 Å². The molecule has 1 amide bonds. The molecule has 1 saturated heterocycles. The van der Waals surface area contributed by atoms with E-state index in [4.69, 9.17) is 27.3 Å². The number of anilines is 1. The maximum Gasteiger partial charge on any atom is 0.253 e. The van der Waals surface area contributed by atoms with Gasteiger partial charge in [-0.2, -0.15) is 0 Å². The molecule has 108 valence electrons. The Labute approximate surface area is 121 Å². The number of benzene rings is 1. The number of hydrogen-bond donors (Lipinski definition) is 3. The summed E-state index contributed by atoms with van der Waals surface area (Å²) in [7, 11) is 0. The van der Waals surface area contributed by atoms with E-state index in [-0.39, 0.29) is 17.8 Å². The summed E-state index contributed by atoms with van der Waals surface area (Å²) in [5, 5.41) is 14.5. The van der Waals surface area contributed by atoms with Crippen LogP contribution in [0.2, 0.25) is 5.02 Å². The van der Waals surface area contributed by atoms with Crippen molar-refractivity contribution in [1.29, 1.82) is 0 Å². The van der Waals surface area contributed by atoms with Crippen LogP contribution in [0.25, 0.3) is 0 Å². The van der Waals surface area contributed by atoms with Gasteiger partial charge in [0.25, 0.3) is 5.91 Å². The summed E-state index contributed by atoms with van der Waals surface area (Å²) in [5.74, 6) is -0.259. The van der Waals surface area contributed by atoms with Gasteiger partial charge in [-0.1, -0.05) is 16.8 Å². The molecule has 1 aliphatic rings. The Hall–Kier alpha value is -1.79. The second-order valence-electron chi connectivity index (χ2n) is 4.68. The number of amides is 1. The lowest BCUT2D eigenvalue weighted by Crippen LogP contribution is -2.27. The lowest BCUT2D eigenvalue weighted by Gasteiger charge is -2.13. The first-order valence-electron chi connectivity index (χ1n) is 6.25. The van der Waals surface area contributed by atoms with E-state index in [1.54, 1.807) is 12.1 Å². The minimum atomic E-state index is -0.440. The lowest BCUT2D eigenvalue weighted by atomic mass is 10.1. The Balaban J connectivity index is 2.08. The third-order valence-corrected chi connectivity index (χ3v) is 3.47. The van der Waals surface area contributed by atoms with Crippen LogP contribution < -0.4 is 11.1 Å². The average molecular weight is 298 g/mol. The van der Waals surface area contributed by atoms with Gasteiger partial charge < -0.3 is 21.0 Å². The van der Waals surface area contributed by atoms with E-state index in [0.717, 1.165) is 6.42 Å². The zero-order chi connectivity index (χ0) is 14.7. The van der Waals surface area contributed by atoms with Crippen molar-refractivity contribution in [3.05, 3.63) is 28.8 Å². The largest absolute Gasteiger partial charge is 0.409 e. The minimum Gasteiger partial charge on any atom is -0.409 e. The van der Waals surface area contributed by atoms with Crippen LogP contribution in [-0.2, 0) is 9.53 Å². The number of amidine groups is 1. The summed E-state index contributed by atoms with van der Waals surface area (Å²) in [4.78, 5) is 12.0. The highest BCUT2D eigenvalue weighted by Crippen LogP contribution is 2.25. The monoisotopic (exact) mass is 297 g/mol. The molecular weight excluding hydrogens is 282 g/mol. The molecule has 20 heavy (non-hydrogen) atoms. The van der Waals surface area contributed by atoms with E-state index in [9.17, 15) is 4.79 Å². The molecule has 0 bridgehead atoms. The zero-order valence-electron chi connectivity index (χ0n) is 11.0. The smallest absolute Gasteiger partial charge is 0.253 e. The molecule has 1 fully saturated rings. The fourth-order valence-electron chi connectivity index (χ4n) is 2.04. The third-order valence-electron chi connectivity index (χ3n) is 3.15. The number of nitrogens with one attached hydrogen (secondary N) is 1. The third kappa shape index (κ3) is 3.20. The number of oxime groups is 1. The van der Waals surface area contributed by atoms with E-state index in [2.05, 4.69) is 10.5 Å². The summed E-state index contributed by atoms with van der Waals surface area (Å²) in [6, 6.07) is 4.73. The molecule has 1 aromatic rings. The Morgan fingerprint density at radius 1 is 1.55 bits per heavy atom. The first-order chi connectivity index (χ1) is 9.51. The normalized spacial score (nSPS) is 22.8. The summed E-state index contributed by atoms with van der Waals surface area (Å²) in [6.45, 7) is 1.94. The number of carbonyl (C=O) groups is 1. The average Bonchev–Trinajstić information content (AvgIpc) is 2.86. The molecule has 1 aliphatic heterocycles. The van der Waals surface area contributed by atoms with Gasteiger partial charge in [0.05, 0.1) is 16.8 Å². The van der Waals surface area contributed by atoms with E-state index >= 15 is 0 Å². The maximum atomic E-state index is 12.0. The Kier molecular flexibility index (Phi) is 4.46. The zero-order valence-corrected chi connectivity index (χ0v) is 11.7. The van der Waals surface area contributed by atoms with Gasteiger partial charge in [0, 0.05) is 5.56 Å². The summed E-state index contributed by atoms with van der Waals surface area (Å²) in [5.41, 5.74) is 6.40. The standard InChI is InChI=1S/C13H16ClN3O3/c1-7-2-5-11(20-7)13(18)16-10-4-3-8(6-9(10)14)12(15)17-19/h3-4,6-7,11,19H,2,5H2,1H3,(H2,15,17)(H,16,18). The van der Waals surface area contributed by atoms with E-state index in [1.807, 2.05) is 6.92 Å². The van der Waals surface area contributed by atoms with Gasteiger partial charge in [-0.25, -0.2) is 0 Å². The molecule has 0 radical (unpaired) electrons. The van der Waals surface area contributed by atoms with Crippen LogP contribution in [0.5, 0.6) is 0 Å². The topological polar surface area (TPSA) is 96.9 Å². The van der Waals surface area contributed by atoms with Crippen LogP contribution in [0.3, 0.4) is 0 Å². The number of hydrogen-bond acceptors (Lipinski definition) is 4. The van der Waals surface area contributed by atoms with Gasteiger partial charge in [0.1, 0.15) is 6.10 Å². The molecular formula is C13H16ClN3O3. The molecule has 0 aromatic heterocycles. The molecule has 0 saturated carbocycles. The maximum absolute atomic E-state index is 12.0. The molecule has 0 aliphatic carbocycles. The molecule has 2 rings (SSSR count). The number of rotatable bonds is 3. The van der Waals surface area contributed by atoms with Crippen LogP contribution in [-0.4, -0.2) is 29.2 Å². The number of nitrogens with zero attached hydrogens (tertiary/aromatic N) is 1. The fourth-order valence-corrected chi connectivity index (χ4v) is 2.27. The van der Waals surface area contributed by atoms with Crippen LogP contribution in [0, 0.1) is 0 Å².